The van der Waals surface area contributed by atoms with Crippen LogP contribution in [0.15, 0.2) is 373 Å². The zero-order valence-corrected chi connectivity index (χ0v) is 59.1. The molecule has 0 saturated heterocycles. The Kier molecular flexibility index (Phi) is 16.4. The van der Waals surface area contributed by atoms with Crippen LogP contribution in [0.4, 0.5) is 45.5 Å². The quantitative estimate of drug-likeness (QED) is 0.108. The number of thiophene rings is 3. The molecule has 4 N–H and O–H groups in total. The first kappa shape index (κ1) is 62.9. The molecular weight excluding hydrogens is 1340 g/mol. The van der Waals surface area contributed by atoms with Crippen LogP contribution in [-0.2, 0) is 0 Å². The van der Waals surface area contributed by atoms with Crippen LogP contribution in [0.5, 0.6) is 0 Å². The van der Waals surface area contributed by atoms with Gasteiger partial charge in [0.25, 0.3) is 0 Å². The van der Waals surface area contributed by atoms with E-state index in [1.54, 1.807) is 0 Å². The summed E-state index contributed by atoms with van der Waals surface area (Å²) in [6, 6.07) is 128. The number of hydrogen-bond donors (Lipinski definition) is 4. The second-order valence-corrected chi connectivity index (χ2v) is 29.4. The zero-order valence-electron chi connectivity index (χ0n) is 56.7. The lowest BCUT2D eigenvalue weighted by molar-refractivity contribution is 0.668. The summed E-state index contributed by atoms with van der Waals surface area (Å²) in [5.41, 5.74) is 14.9. The van der Waals surface area contributed by atoms with Crippen molar-refractivity contribution in [3.05, 3.63) is 364 Å². The molecule has 5 heterocycles. The van der Waals surface area contributed by atoms with Crippen molar-refractivity contribution in [1.82, 2.24) is 0 Å². The topological polar surface area (TPSA) is 74.4 Å². The summed E-state index contributed by atoms with van der Waals surface area (Å²) in [5, 5.41) is 34.4. The van der Waals surface area contributed by atoms with E-state index in [0.717, 1.165) is 89.4 Å². The second-order valence-electron chi connectivity index (χ2n) is 26.2. The molecule has 0 aliphatic carbocycles. The summed E-state index contributed by atoms with van der Waals surface area (Å²) in [4.78, 5) is 0. The van der Waals surface area contributed by atoms with Crippen LogP contribution in [0.2, 0.25) is 0 Å². The van der Waals surface area contributed by atoms with Gasteiger partial charge >= 0.3 is 0 Å². The molecule has 0 fully saturated rings. The maximum absolute atomic E-state index is 5.98. The van der Waals surface area contributed by atoms with E-state index in [4.69, 9.17) is 8.83 Å². The first-order valence-electron chi connectivity index (χ1n) is 35.2. The maximum Gasteiger partial charge on any atom is 0.137 e. The Balaban J connectivity index is 0.0000000962. The summed E-state index contributed by atoms with van der Waals surface area (Å²) < 4.78 is 19.9. The molecule has 6 nitrogen and oxygen atoms in total. The summed E-state index contributed by atoms with van der Waals surface area (Å²) in [5.74, 6) is 0. The van der Waals surface area contributed by atoms with Crippen molar-refractivity contribution in [2.24, 2.45) is 0 Å². The molecule has 22 aromatic rings. The van der Waals surface area contributed by atoms with Crippen LogP contribution in [-0.4, -0.2) is 0 Å². The Labute approximate surface area is 616 Å². The monoisotopic (exact) mass is 1400 g/mol. The molecule has 0 bridgehead atoms. The predicted octanol–water partition coefficient (Wildman–Crippen LogP) is 29.7. The van der Waals surface area contributed by atoms with Gasteiger partial charge in [0.15, 0.2) is 0 Å². The van der Waals surface area contributed by atoms with Gasteiger partial charge in [-0.15, -0.1) is 34.0 Å². The van der Waals surface area contributed by atoms with Crippen LogP contribution < -0.4 is 21.3 Å². The van der Waals surface area contributed by atoms with Gasteiger partial charge in [-0.25, -0.2) is 0 Å². The van der Waals surface area contributed by atoms with Crippen LogP contribution >= 0.6 is 34.0 Å². The molecule has 9 heteroatoms. The molecule has 498 valence electrons. The van der Waals surface area contributed by atoms with Crippen LogP contribution in [0.1, 0.15) is 0 Å². The van der Waals surface area contributed by atoms with Gasteiger partial charge < -0.3 is 30.1 Å². The third-order valence-corrected chi connectivity index (χ3v) is 23.0. The lowest BCUT2D eigenvalue weighted by atomic mass is 10.00. The molecule has 0 unspecified atom stereocenters. The van der Waals surface area contributed by atoms with Crippen molar-refractivity contribution in [2.75, 3.05) is 21.3 Å². The number of hydrogen-bond acceptors (Lipinski definition) is 9. The van der Waals surface area contributed by atoms with Gasteiger partial charge in [0.2, 0.25) is 0 Å². The number of benzene rings is 17. The minimum absolute atomic E-state index is 0.904. The van der Waals surface area contributed by atoms with E-state index in [9.17, 15) is 0 Å². The van der Waals surface area contributed by atoms with Gasteiger partial charge in [-0.1, -0.05) is 231 Å². The first-order chi connectivity index (χ1) is 52.0. The fraction of sp³-hybridized carbons (Fsp3) is 0. The van der Waals surface area contributed by atoms with Gasteiger partial charge in [0.1, 0.15) is 22.3 Å². The van der Waals surface area contributed by atoms with Gasteiger partial charge in [0.05, 0.1) is 0 Å². The number of fused-ring (bicyclic) bond motifs is 19. The number of anilines is 8. The maximum atomic E-state index is 5.98. The first-order valence-corrected chi connectivity index (χ1v) is 37.6. The summed E-state index contributed by atoms with van der Waals surface area (Å²) in [6.45, 7) is 0. The van der Waals surface area contributed by atoms with Crippen molar-refractivity contribution in [3.8, 4) is 11.1 Å². The Hall–Kier alpha value is -13.0. The van der Waals surface area contributed by atoms with E-state index in [1.165, 1.54) is 104 Å². The minimum atomic E-state index is 0.904. The Morgan fingerprint density at radius 1 is 0.181 bits per heavy atom. The number of furan rings is 2. The average Bonchev–Trinajstić information content (AvgIpc) is 1.72. The fourth-order valence-corrected chi connectivity index (χ4v) is 18.0. The normalized spacial score (nSPS) is 11.4. The lowest BCUT2D eigenvalue weighted by Gasteiger charge is -2.13. The SMILES string of the molecule is c1ccc(-c2cccc(Nc3cccc4sc5ccccc5c34)c2)cc1.c1ccc2c(Nc3ccc4c(c3)oc3ccccc34)cccc2c1.c1ccc2c(c1)cc(Nc1ccc3oc4ccccc4c3c1)c1ccccc12.c1ccc2c(c1)sc1cc(Nc3ccc4sc5ccccc5c4c3)ccc12. The molecule has 0 aliphatic rings. The number of nitrogens with one attached hydrogen (secondary N) is 4. The highest BCUT2D eigenvalue weighted by Gasteiger charge is 2.15. The van der Waals surface area contributed by atoms with Crippen LogP contribution in [0.3, 0.4) is 0 Å². The number of para-hydroxylation sites is 2. The van der Waals surface area contributed by atoms with Crippen LogP contribution in [0.25, 0.3) is 148 Å². The molecular formula is C96H64N4O2S3. The standard InChI is InChI=1S/C26H17NO.C24H15NS2.C24H17NS.C22H15NO/c1-2-8-19-17(7-1)15-24(21-10-4-3-9-20(19)21)27-18-13-14-26-23(16-18)22-11-5-6-12-25(22)28-26;1-3-7-21-17(5-1)19-11-9-16(14-24(19)27-21)25-15-10-12-23-20(13-15)18-6-2-4-8-22(18)26-23;1-2-8-17(9-3-1)18-10-6-11-19(16-18)25-21-13-7-15-23-24(21)20-12-4-5-14-22(20)26-23;1-2-8-17-15(6-1)7-5-10-20(17)23-16-12-13-19-18-9-3-4-11-21(18)24-22(19)14-16/h1-16,27H;1-14,25H;1-16,25H;1-14,23H. The Morgan fingerprint density at radius 3 is 1.41 bits per heavy atom. The van der Waals surface area contributed by atoms with Crippen molar-refractivity contribution in [1.29, 1.82) is 0 Å². The minimum Gasteiger partial charge on any atom is -0.456 e. The van der Waals surface area contributed by atoms with E-state index < -0.39 is 0 Å². The van der Waals surface area contributed by atoms with Gasteiger partial charge in [-0.2, -0.15) is 0 Å². The highest BCUT2D eigenvalue weighted by molar-refractivity contribution is 7.26. The third kappa shape index (κ3) is 12.4. The molecule has 0 radical (unpaired) electrons. The van der Waals surface area contributed by atoms with E-state index >= 15 is 0 Å². The van der Waals surface area contributed by atoms with Crippen molar-refractivity contribution in [3.63, 3.8) is 0 Å². The molecule has 22 rings (SSSR count). The van der Waals surface area contributed by atoms with E-state index in [2.05, 4.69) is 337 Å². The number of rotatable bonds is 9. The molecule has 0 aliphatic heterocycles. The fourth-order valence-electron chi connectivity index (χ4n) is 14.6. The zero-order chi connectivity index (χ0) is 69.6. The highest BCUT2D eigenvalue weighted by atomic mass is 32.1. The molecule has 0 saturated carbocycles. The van der Waals surface area contributed by atoms with Gasteiger partial charge in [-0.3, -0.25) is 0 Å². The van der Waals surface area contributed by atoms with Crippen molar-refractivity contribution >= 4 is 216 Å². The van der Waals surface area contributed by atoms with Gasteiger partial charge in [0, 0.05) is 144 Å². The average molecular weight is 1400 g/mol. The second kappa shape index (κ2) is 27.4. The smallest absolute Gasteiger partial charge is 0.137 e. The van der Waals surface area contributed by atoms with E-state index in [1.807, 2.05) is 82.5 Å². The Bertz CT molecular complexity index is 7020. The largest absolute Gasteiger partial charge is 0.456 e. The predicted molar refractivity (Wildman–Crippen MR) is 456 cm³/mol. The van der Waals surface area contributed by atoms with Crippen molar-refractivity contribution < 1.29 is 8.83 Å². The van der Waals surface area contributed by atoms with E-state index in [0.29, 0.717) is 0 Å². The summed E-state index contributed by atoms with van der Waals surface area (Å²) in [6.07, 6.45) is 0. The molecule has 105 heavy (non-hydrogen) atoms. The van der Waals surface area contributed by atoms with Gasteiger partial charge in [-0.05, 0) is 160 Å². The highest BCUT2D eigenvalue weighted by Crippen LogP contribution is 2.43. The lowest BCUT2D eigenvalue weighted by Crippen LogP contribution is -1.92. The summed E-state index contributed by atoms with van der Waals surface area (Å²) in [7, 11) is 0. The third-order valence-electron chi connectivity index (χ3n) is 19.6. The summed E-state index contributed by atoms with van der Waals surface area (Å²) >= 11 is 5.56. The molecule has 17 aromatic carbocycles. The molecule has 0 amide bonds. The Morgan fingerprint density at radius 2 is 0.619 bits per heavy atom. The van der Waals surface area contributed by atoms with E-state index in [-0.39, 0.29) is 0 Å². The van der Waals surface area contributed by atoms with Crippen LogP contribution in [0, 0.1) is 0 Å². The van der Waals surface area contributed by atoms with Crippen molar-refractivity contribution in [2.45, 2.75) is 0 Å². The molecule has 0 spiro atoms. The molecule has 5 aromatic heterocycles. The molecule has 0 atom stereocenters.